The van der Waals surface area contributed by atoms with Crippen LogP contribution in [0.25, 0.3) is 22.4 Å². The molecule has 0 radical (unpaired) electrons. The predicted molar refractivity (Wildman–Crippen MR) is 85.5 cm³/mol. The van der Waals surface area contributed by atoms with Crippen molar-refractivity contribution in [3.05, 3.63) is 63.5 Å². The van der Waals surface area contributed by atoms with Crippen LogP contribution in [0.15, 0.2) is 42.5 Å². The van der Waals surface area contributed by atoms with E-state index in [1.54, 1.807) is 11.3 Å². The van der Waals surface area contributed by atoms with E-state index in [0.29, 0.717) is 0 Å². The average molecular weight is 331 g/mol. The van der Waals surface area contributed by atoms with Gasteiger partial charge in [0, 0.05) is 16.9 Å². The molecule has 0 saturated heterocycles. The quantitative estimate of drug-likeness (QED) is 0.435. The van der Waals surface area contributed by atoms with E-state index in [-0.39, 0.29) is 0 Å². The first kappa shape index (κ1) is 14.5. The van der Waals surface area contributed by atoms with Crippen LogP contribution in [0.3, 0.4) is 0 Å². The molecule has 116 valence electrons. The highest BCUT2D eigenvalue weighted by molar-refractivity contribution is 7.12. The Kier molecular flexibility index (Phi) is 3.10. The van der Waals surface area contributed by atoms with Gasteiger partial charge in [-0.3, -0.25) is 0 Å². The van der Waals surface area contributed by atoms with Gasteiger partial charge in [0.1, 0.15) is 0 Å². The van der Waals surface area contributed by atoms with Crippen molar-refractivity contribution in [2.45, 2.75) is 19.5 Å². The molecule has 0 atom stereocenters. The summed E-state index contributed by atoms with van der Waals surface area (Å²) in [5, 5.41) is 1.06. The van der Waals surface area contributed by atoms with Crippen molar-refractivity contribution >= 4 is 11.3 Å². The minimum absolute atomic E-state index is 0.621. The van der Waals surface area contributed by atoms with Gasteiger partial charge < -0.3 is 0 Å². The van der Waals surface area contributed by atoms with Crippen LogP contribution in [-0.4, -0.2) is 4.98 Å². The molecule has 1 heterocycles. The lowest BCUT2D eigenvalue weighted by molar-refractivity contribution is -0.137. The summed E-state index contributed by atoms with van der Waals surface area (Å²) in [6.07, 6.45) is -3.45. The number of nitrogens with zero attached hydrogens (tertiary/aromatic N) is 1. The molecule has 0 fully saturated rings. The van der Waals surface area contributed by atoms with E-state index in [0.717, 1.165) is 45.9 Å². The van der Waals surface area contributed by atoms with Crippen LogP contribution in [0.1, 0.15) is 21.0 Å². The van der Waals surface area contributed by atoms with E-state index in [1.165, 1.54) is 22.6 Å². The maximum Gasteiger partial charge on any atom is 0.416 e. The Morgan fingerprint density at radius 1 is 1.00 bits per heavy atom. The second kappa shape index (κ2) is 4.93. The molecule has 0 bridgehead atoms. The molecule has 0 aliphatic heterocycles. The van der Waals surface area contributed by atoms with E-state index in [4.69, 9.17) is 0 Å². The molecule has 0 spiro atoms. The van der Waals surface area contributed by atoms with Gasteiger partial charge in [-0.05, 0) is 35.7 Å². The third-order valence-electron chi connectivity index (χ3n) is 4.06. The van der Waals surface area contributed by atoms with Crippen molar-refractivity contribution in [3.8, 4) is 22.4 Å². The number of aryl methyl sites for hydroxylation is 1. The van der Waals surface area contributed by atoms with Crippen molar-refractivity contribution in [1.29, 1.82) is 0 Å². The Balaban J connectivity index is 1.70. The normalized spacial score (nSPS) is 13.0. The molecular formula is C18H12F3NS. The zero-order chi connectivity index (χ0) is 16.2. The number of hydrogen-bond donors (Lipinski definition) is 0. The summed E-state index contributed by atoms with van der Waals surface area (Å²) in [6.45, 7) is 2.00. The summed E-state index contributed by atoms with van der Waals surface area (Å²) in [7, 11) is 0. The second-order valence-electron chi connectivity index (χ2n) is 5.63. The summed E-state index contributed by atoms with van der Waals surface area (Å²) in [4.78, 5) is 5.83. The van der Waals surface area contributed by atoms with Gasteiger partial charge in [-0.1, -0.05) is 30.3 Å². The predicted octanol–water partition coefficient (Wildman–Crippen LogP) is 5.71. The maximum atomic E-state index is 12.6. The van der Waals surface area contributed by atoms with Crippen LogP contribution in [0.4, 0.5) is 13.2 Å². The fourth-order valence-corrected chi connectivity index (χ4v) is 3.95. The number of rotatable bonds is 1. The zero-order valence-electron chi connectivity index (χ0n) is 12.2. The molecule has 3 aromatic rings. The minimum Gasteiger partial charge on any atom is -0.241 e. The highest BCUT2D eigenvalue weighted by atomic mass is 32.1. The van der Waals surface area contributed by atoms with Crippen LogP contribution in [0.2, 0.25) is 0 Å². The SMILES string of the molecule is Cc1nc2c(s1)Cc1cc(-c3ccc(C(F)(F)F)cc3)ccc1-2. The van der Waals surface area contributed by atoms with E-state index in [9.17, 15) is 13.2 Å². The average Bonchev–Trinajstić information content (AvgIpc) is 3.01. The van der Waals surface area contributed by atoms with Gasteiger partial charge in [-0.15, -0.1) is 11.3 Å². The summed E-state index contributed by atoms with van der Waals surface area (Å²) < 4.78 is 37.9. The van der Waals surface area contributed by atoms with Crippen LogP contribution in [0, 0.1) is 6.92 Å². The second-order valence-corrected chi connectivity index (χ2v) is 6.92. The van der Waals surface area contributed by atoms with Crippen molar-refractivity contribution in [1.82, 2.24) is 4.98 Å². The van der Waals surface area contributed by atoms with E-state index in [1.807, 2.05) is 19.1 Å². The molecule has 2 aromatic carbocycles. The number of thiazole rings is 1. The molecule has 1 aliphatic rings. The summed E-state index contributed by atoms with van der Waals surface area (Å²) >= 11 is 1.70. The molecule has 5 heteroatoms. The monoisotopic (exact) mass is 331 g/mol. The number of aromatic nitrogens is 1. The fourth-order valence-electron chi connectivity index (χ4n) is 2.97. The van der Waals surface area contributed by atoms with E-state index in [2.05, 4.69) is 11.1 Å². The lowest BCUT2D eigenvalue weighted by Crippen LogP contribution is -2.03. The highest BCUT2D eigenvalue weighted by Gasteiger charge is 2.30. The standard InChI is InChI=1S/C18H12F3NS/c1-10-22-17-15-7-4-12(8-13(15)9-16(17)23-10)11-2-5-14(6-3-11)18(19,20)21/h2-8H,9H2,1H3. The summed E-state index contributed by atoms with van der Waals surface area (Å²) in [5.41, 5.74) is 4.49. The van der Waals surface area contributed by atoms with Gasteiger partial charge in [0.2, 0.25) is 0 Å². The number of halogens is 3. The third kappa shape index (κ3) is 2.45. The van der Waals surface area contributed by atoms with Gasteiger partial charge in [-0.25, -0.2) is 4.98 Å². The van der Waals surface area contributed by atoms with Gasteiger partial charge in [0.05, 0.1) is 16.3 Å². The third-order valence-corrected chi connectivity index (χ3v) is 5.03. The number of fused-ring (bicyclic) bond motifs is 3. The lowest BCUT2D eigenvalue weighted by Gasteiger charge is -2.09. The lowest BCUT2D eigenvalue weighted by atomic mass is 9.99. The fraction of sp³-hybridized carbons (Fsp3) is 0.167. The van der Waals surface area contributed by atoms with E-state index < -0.39 is 11.7 Å². The Bertz CT molecular complexity index is 892. The van der Waals surface area contributed by atoms with Crippen LogP contribution >= 0.6 is 11.3 Å². The minimum atomic E-state index is -4.30. The highest BCUT2D eigenvalue weighted by Crippen LogP contribution is 2.41. The molecule has 23 heavy (non-hydrogen) atoms. The van der Waals surface area contributed by atoms with E-state index >= 15 is 0 Å². The maximum absolute atomic E-state index is 12.6. The van der Waals surface area contributed by atoms with Crippen molar-refractivity contribution in [2.75, 3.05) is 0 Å². The molecule has 0 saturated carbocycles. The first-order chi connectivity index (χ1) is 10.9. The molecule has 1 nitrogen and oxygen atoms in total. The Labute approximate surface area is 135 Å². The molecule has 0 unspecified atom stereocenters. The molecule has 0 amide bonds. The zero-order valence-corrected chi connectivity index (χ0v) is 13.1. The number of benzene rings is 2. The molecule has 0 N–H and O–H groups in total. The van der Waals surface area contributed by atoms with Gasteiger partial charge in [-0.2, -0.15) is 13.2 Å². The van der Waals surface area contributed by atoms with Crippen LogP contribution in [0.5, 0.6) is 0 Å². The van der Waals surface area contributed by atoms with Gasteiger partial charge in [0.15, 0.2) is 0 Å². The van der Waals surface area contributed by atoms with Crippen LogP contribution in [-0.2, 0) is 12.6 Å². The number of alkyl halides is 3. The van der Waals surface area contributed by atoms with Crippen molar-refractivity contribution < 1.29 is 13.2 Å². The molecular weight excluding hydrogens is 319 g/mol. The Morgan fingerprint density at radius 2 is 1.70 bits per heavy atom. The summed E-state index contributed by atoms with van der Waals surface area (Å²) in [6, 6.07) is 11.3. The van der Waals surface area contributed by atoms with Gasteiger partial charge >= 0.3 is 6.18 Å². The number of hydrogen-bond acceptors (Lipinski definition) is 2. The Hall–Kier alpha value is -2.14. The largest absolute Gasteiger partial charge is 0.416 e. The Morgan fingerprint density at radius 3 is 2.39 bits per heavy atom. The first-order valence-electron chi connectivity index (χ1n) is 7.19. The van der Waals surface area contributed by atoms with Gasteiger partial charge in [0.25, 0.3) is 0 Å². The van der Waals surface area contributed by atoms with Crippen molar-refractivity contribution in [3.63, 3.8) is 0 Å². The first-order valence-corrected chi connectivity index (χ1v) is 8.01. The molecule has 1 aromatic heterocycles. The molecule has 1 aliphatic carbocycles. The summed E-state index contributed by atoms with van der Waals surface area (Å²) in [5.74, 6) is 0. The smallest absolute Gasteiger partial charge is 0.241 e. The van der Waals surface area contributed by atoms with Crippen LogP contribution < -0.4 is 0 Å². The van der Waals surface area contributed by atoms with Crippen molar-refractivity contribution in [2.24, 2.45) is 0 Å². The molecule has 4 rings (SSSR count). The topological polar surface area (TPSA) is 12.9 Å².